The molecule has 0 aliphatic carbocycles. The molecule has 4 rings (SSSR count). The molecule has 1 unspecified atom stereocenters. The van der Waals surface area contributed by atoms with Crippen LogP contribution in [0, 0.1) is 6.92 Å². The maximum atomic E-state index is 12.1. The summed E-state index contributed by atoms with van der Waals surface area (Å²) in [7, 11) is 0. The van der Waals surface area contributed by atoms with Gasteiger partial charge in [0.15, 0.2) is 6.04 Å². The topological polar surface area (TPSA) is 116 Å². The quantitative estimate of drug-likeness (QED) is 0.803. The standard InChI is InChI=1S/C19H19N3O5S/c1-9-11(12(21-27-9)10-7-5-4-6-8-10)15-20-13(17(23)24)16-22(15)14(18(25)26)19(2,3)28-16/h4-8,13-14,16H,1-3H3,(H,23,24)(H,25,26)/t13-,14-,16?/m0/s1. The van der Waals surface area contributed by atoms with E-state index in [0.717, 1.165) is 5.56 Å². The number of aliphatic imine (C=N–C) groups is 1. The zero-order valence-corrected chi connectivity index (χ0v) is 16.3. The van der Waals surface area contributed by atoms with Gasteiger partial charge in [-0.1, -0.05) is 35.5 Å². The molecular weight excluding hydrogens is 382 g/mol. The third kappa shape index (κ3) is 2.69. The molecule has 0 saturated carbocycles. The van der Waals surface area contributed by atoms with E-state index in [2.05, 4.69) is 10.1 Å². The number of aryl methyl sites for hydroxylation is 1. The molecule has 2 aromatic rings. The van der Waals surface area contributed by atoms with E-state index in [1.807, 2.05) is 44.2 Å². The molecule has 28 heavy (non-hydrogen) atoms. The number of hydrogen-bond donors (Lipinski definition) is 2. The largest absolute Gasteiger partial charge is 0.480 e. The summed E-state index contributed by atoms with van der Waals surface area (Å²) in [4.78, 5) is 30.0. The first-order valence-electron chi connectivity index (χ1n) is 8.74. The van der Waals surface area contributed by atoms with Gasteiger partial charge in [0.25, 0.3) is 0 Å². The molecule has 3 atom stereocenters. The van der Waals surface area contributed by atoms with Crippen LogP contribution in [-0.2, 0) is 9.59 Å². The van der Waals surface area contributed by atoms with Crippen LogP contribution < -0.4 is 0 Å². The van der Waals surface area contributed by atoms with Crippen LogP contribution in [0.1, 0.15) is 25.2 Å². The van der Waals surface area contributed by atoms with Gasteiger partial charge in [-0.3, -0.25) is 0 Å². The number of carboxylic acid groups (broad SMARTS) is 2. The molecule has 1 aromatic carbocycles. The van der Waals surface area contributed by atoms with Crippen LogP contribution in [0.4, 0.5) is 0 Å². The molecule has 3 heterocycles. The Kier molecular flexibility index (Phi) is 4.22. The monoisotopic (exact) mass is 401 g/mol. The summed E-state index contributed by atoms with van der Waals surface area (Å²) in [6, 6.07) is 7.32. The lowest BCUT2D eigenvalue weighted by atomic mass is 9.99. The fourth-order valence-electron chi connectivity index (χ4n) is 3.85. The Morgan fingerprint density at radius 1 is 1.18 bits per heavy atom. The molecule has 2 N–H and O–H groups in total. The maximum Gasteiger partial charge on any atom is 0.331 e. The number of nitrogens with zero attached hydrogens (tertiary/aromatic N) is 3. The Balaban J connectivity index is 1.90. The van der Waals surface area contributed by atoms with Gasteiger partial charge in [0.2, 0.25) is 0 Å². The van der Waals surface area contributed by atoms with Gasteiger partial charge in [0.05, 0.1) is 5.56 Å². The van der Waals surface area contributed by atoms with Crippen molar-refractivity contribution in [3.05, 3.63) is 41.7 Å². The van der Waals surface area contributed by atoms with Gasteiger partial charge in [-0.15, -0.1) is 11.8 Å². The van der Waals surface area contributed by atoms with Crippen molar-refractivity contribution in [2.75, 3.05) is 0 Å². The Morgan fingerprint density at radius 2 is 1.86 bits per heavy atom. The maximum absolute atomic E-state index is 12.1. The fourth-order valence-corrected chi connectivity index (χ4v) is 5.46. The number of benzene rings is 1. The highest BCUT2D eigenvalue weighted by molar-refractivity contribution is 8.01. The Morgan fingerprint density at radius 3 is 2.46 bits per heavy atom. The van der Waals surface area contributed by atoms with Crippen molar-refractivity contribution in [2.24, 2.45) is 4.99 Å². The summed E-state index contributed by atoms with van der Waals surface area (Å²) in [6.07, 6.45) is 0. The van der Waals surface area contributed by atoms with Crippen LogP contribution in [0.25, 0.3) is 11.3 Å². The van der Waals surface area contributed by atoms with Gasteiger partial charge in [-0.25, -0.2) is 14.6 Å². The average Bonchev–Trinajstić information content (AvgIpc) is 3.24. The number of aromatic nitrogens is 1. The van der Waals surface area contributed by atoms with Gasteiger partial charge >= 0.3 is 11.9 Å². The smallest absolute Gasteiger partial charge is 0.331 e. The highest BCUT2D eigenvalue weighted by Gasteiger charge is 2.59. The third-order valence-electron chi connectivity index (χ3n) is 5.03. The number of aliphatic carboxylic acids is 2. The first-order chi connectivity index (χ1) is 13.2. The minimum Gasteiger partial charge on any atom is -0.480 e. The summed E-state index contributed by atoms with van der Waals surface area (Å²) < 4.78 is 4.70. The van der Waals surface area contributed by atoms with Crippen LogP contribution in [-0.4, -0.2) is 60.2 Å². The fraction of sp³-hybridized carbons (Fsp3) is 0.368. The second-order valence-electron chi connectivity index (χ2n) is 7.32. The summed E-state index contributed by atoms with van der Waals surface area (Å²) in [5.74, 6) is -1.34. The Labute approximate surface area is 165 Å². The molecule has 0 radical (unpaired) electrons. The summed E-state index contributed by atoms with van der Waals surface area (Å²) in [5, 5.41) is 23.1. The van der Waals surface area contributed by atoms with Crippen molar-refractivity contribution in [1.29, 1.82) is 0 Å². The van der Waals surface area contributed by atoms with Gasteiger partial charge in [0.1, 0.15) is 28.7 Å². The molecule has 1 saturated heterocycles. The minimum absolute atomic E-state index is 0.306. The molecule has 2 aliphatic heterocycles. The van der Waals surface area contributed by atoms with E-state index in [1.54, 1.807) is 11.8 Å². The minimum atomic E-state index is -1.09. The number of carbonyl (C=O) groups is 2. The van der Waals surface area contributed by atoms with Crippen LogP contribution in [0.2, 0.25) is 0 Å². The molecule has 9 heteroatoms. The van der Waals surface area contributed by atoms with E-state index < -0.39 is 34.1 Å². The molecule has 0 amide bonds. The molecular formula is C19H19N3O5S. The second-order valence-corrected chi connectivity index (χ2v) is 9.09. The molecule has 0 spiro atoms. The van der Waals surface area contributed by atoms with Crippen molar-refractivity contribution in [3.63, 3.8) is 0 Å². The summed E-state index contributed by atoms with van der Waals surface area (Å²) >= 11 is 1.32. The van der Waals surface area contributed by atoms with Crippen molar-refractivity contribution in [1.82, 2.24) is 10.1 Å². The zero-order valence-electron chi connectivity index (χ0n) is 15.5. The van der Waals surface area contributed by atoms with Gasteiger partial charge in [0, 0.05) is 10.3 Å². The predicted octanol–water partition coefficient (Wildman–Crippen LogP) is 2.47. The number of fused-ring (bicyclic) bond motifs is 1. The lowest BCUT2D eigenvalue weighted by Crippen LogP contribution is -2.50. The third-order valence-corrected chi connectivity index (χ3v) is 6.59. The van der Waals surface area contributed by atoms with E-state index in [0.29, 0.717) is 22.9 Å². The zero-order chi connectivity index (χ0) is 20.2. The number of rotatable bonds is 4. The number of carboxylic acids is 2. The van der Waals surface area contributed by atoms with Gasteiger partial charge < -0.3 is 19.6 Å². The Hall–Kier alpha value is -2.81. The second kappa shape index (κ2) is 6.37. The number of thioether (sulfide) groups is 1. The van der Waals surface area contributed by atoms with Gasteiger partial charge in [-0.05, 0) is 20.8 Å². The Bertz CT molecular complexity index is 985. The van der Waals surface area contributed by atoms with E-state index in [9.17, 15) is 19.8 Å². The van der Waals surface area contributed by atoms with Crippen molar-refractivity contribution >= 4 is 29.5 Å². The molecule has 1 aromatic heterocycles. The van der Waals surface area contributed by atoms with Crippen LogP contribution >= 0.6 is 11.8 Å². The number of amidine groups is 1. The lowest BCUT2D eigenvalue weighted by molar-refractivity contribution is -0.143. The van der Waals surface area contributed by atoms with E-state index in [-0.39, 0.29) is 0 Å². The van der Waals surface area contributed by atoms with Crippen LogP contribution in [0.15, 0.2) is 39.8 Å². The number of hydrogen-bond acceptors (Lipinski definition) is 7. The summed E-state index contributed by atoms with van der Waals surface area (Å²) in [5.41, 5.74) is 1.83. The van der Waals surface area contributed by atoms with E-state index in [1.165, 1.54) is 11.8 Å². The molecule has 2 aliphatic rings. The van der Waals surface area contributed by atoms with E-state index >= 15 is 0 Å². The van der Waals surface area contributed by atoms with Crippen LogP contribution in [0.5, 0.6) is 0 Å². The van der Waals surface area contributed by atoms with Gasteiger partial charge in [-0.2, -0.15) is 0 Å². The molecule has 146 valence electrons. The van der Waals surface area contributed by atoms with Crippen molar-refractivity contribution < 1.29 is 24.3 Å². The lowest BCUT2D eigenvalue weighted by Gasteiger charge is -2.29. The highest BCUT2D eigenvalue weighted by Crippen LogP contribution is 2.50. The predicted molar refractivity (Wildman–Crippen MR) is 103 cm³/mol. The normalized spacial score (nSPS) is 25.5. The first kappa shape index (κ1) is 18.5. The highest BCUT2D eigenvalue weighted by atomic mass is 32.2. The molecule has 1 fully saturated rings. The first-order valence-corrected chi connectivity index (χ1v) is 9.62. The summed E-state index contributed by atoms with van der Waals surface area (Å²) in [6.45, 7) is 5.33. The molecule has 0 bridgehead atoms. The SMILES string of the molecule is Cc1onc(-c2ccccc2)c1C1=N[C@H](C(=O)O)C2SC(C)(C)[C@H](C(=O)O)N12. The van der Waals surface area contributed by atoms with Crippen molar-refractivity contribution in [2.45, 2.75) is 43.0 Å². The van der Waals surface area contributed by atoms with Crippen LogP contribution in [0.3, 0.4) is 0 Å². The average molecular weight is 401 g/mol. The van der Waals surface area contributed by atoms with E-state index in [4.69, 9.17) is 4.52 Å². The molecule has 8 nitrogen and oxygen atoms in total. The van der Waals surface area contributed by atoms with Crippen molar-refractivity contribution in [3.8, 4) is 11.3 Å².